The molecule has 0 bridgehead atoms. The molecule has 1 heterocycles. The number of alkyl halides is 2. The summed E-state index contributed by atoms with van der Waals surface area (Å²) in [6.45, 7) is 1.57. The lowest BCUT2D eigenvalue weighted by Gasteiger charge is -2.01. The summed E-state index contributed by atoms with van der Waals surface area (Å²) in [5.74, 6) is -1.14. The minimum absolute atomic E-state index is 0.0417. The van der Waals surface area contributed by atoms with Gasteiger partial charge in [-0.1, -0.05) is 0 Å². The third-order valence-electron chi connectivity index (χ3n) is 1.48. The van der Waals surface area contributed by atoms with Crippen molar-refractivity contribution in [2.24, 2.45) is 0 Å². The molecule has 1 aromatic rings. The largest absolute Gasteiger partial charge is 0.300 e. The van der Waals surface area contributed by atoms with Crippen molar-refractivity contribution in [3.8, 4) is 0 Å². The fourth-order valence-electron chi connectivity index (χ4n) is 0.867. The Hall–Kier alpha value is -1.32. The van der Waals surface area contributed by atoms with Crippen LogP contribution in [0.4, 0.5) is 8.78 Å². The monoisotopic (exact) mass is 171 g/mol. The molecule has 0 aliphatic rings. The van der Waals surface area contributed by atoms with Crippen LogP contribution in [0.15, 0.2) is 18.5 Å². The van der Waals surface area contributed by atoms with Crippen LogP contribution in [0.1, 0.15) is 15.9 Å². The van der Waals surface area contributed by atoms with E-state index < -0.39 is 12.2 Å². The van der Waals surface area contributed by atoms with Gasteiger partial charge in [0.1, 0.15) is 0 Å². The molecule has 0 unspecified atom stereocenters. The van der Waals surface area contributed by atoms with Crippen molar-refractivity contribution >= 4 is 5.78 Å². The van der Waals surface area contributed by atoms with Gasteiger partial charge in [-0.25, -0.2) is 8.78 Å². The molecule has 0 radical (unpaired) electrons. The molecule has 0 saturated heterocycles. The van der Waals surface area contributed by atoms with Gasteiger partial charge in [-0.15, -0.1) is 0 Å². The minimum atomic E-state index is -2.94. The summed E-state index contributed by atoms with van der Waals surface area (Å²) >= 11 is 0. The van der Waals surface area contributed by atoms with Crippen molar-refractivity contribution in [2.75, 3.05) is 0 Å². The first-order valence-electron chi connectivity index (χ1n) is 3.36. The van der Waals surface area contributed by atoms with E-state index in [4.69, 9.17) is 0 Å². The Labute approximate surface area is 68.2 Å². The number of aryl methyl sites for hydroxylation is 1. The van der Waals surface area contributed by atoms with Crippen molar-refractivity contribution in [1.29, 1.82) is 0 Å². The van der Waals surface area contributed by atoms with Gasteiger partial charge in [0.05, 0.1) is 0 Å². The molecule has 0 aromatic carbocycles. The van der Waals surface area contributed by atoms with Crippen LogP contribution in [0.2, 0.25) is 0 Å². The second kappa shape index (κ2) is 3.38. The van der Waals surface area contributed by atoms with Crippen LogP contribution in [-0.2, 0) is 0 Å². The second-order valence-corrected chi connectivity index (χ2v) is 2.36. The van der Waals surface area contributed by atoms with E-state index in [0.29, 0.717) is 5.56 Å². The Morgan fingerprint density at radius 2 is 2.25 bits per heavy atom. The topological polar surface area (TPSA) is 30.0 Å². The van der Waals surface area contributed by atoms with Crippen molar-refractivity contribution in [3.63, 3.8) is 0 Å². The molecule has 12 heavy (non-hydrogen) atoms. The molecule has 0 aliphatic carbocycles. The summed E-state index contributed by atoms with van der Waals surface area (Å²) in [6.07, 6.45) is -0.232. The lowest BCUT2D eigenvalue weighted by Crippen LogP contribution is -2.11. The number of Topliss-reactive ketones (excluding diaryl/α,β-unsaturated/α-hetero) is 1. The minimum Gasteiger partial charge on any atom is -0.288 e. The highest BCUT2D eigenvalue weighted by molar-refractivity contribution is 5.99. The van der Waals surface area contributed by atoms with Crippen molar-refractivity contribution in [3.05, 3.63) is 29.6 Å². The lowest BCUT2D eigenvalue weighted by atomic mass is 10.1. The first kappa shape index (κ1) is 8.77. The van der Waals surface area contributed by atoms with Crippen molar-refractivity contribution < 1.29 is 13.6 Å². The number of hydrogen-bond donors (Lipinski definition) is 0. The average Bonchev–Trinajstić information content (AvgIpc) is 2.04. The van der Waals surface area contributed by atoms with E-state index in [1.165, 1.54) is 18.5 Å². The summed E-state index contributed by atoms with van der Waals surface area (Å²) < 4.78 is 23.8. The fraction of sp³-hybridized carbons (Fsp3) is 0.250. The van der Waals surface area contributed by atoms with E-state index >= 15 is 0 Å². The molecule has 0 atom stereocenters. The second-order valence-electron chi connectivity index (χ2n) is 2.36. The summed E-state index contributed by atoms with van der Waals surface area (Å²) in [5.41, 5.74) is 0.516. The number of hydrogen-bond acceptors (Lipinski definition) is 2. The van der Waals surface area contributed by atoms with Gasteiger partial charge in [-0.05, 0) is 18.6 Å². The summed E-state index contributed by atoms with van der Waals surface area (Å²) in [5, 5.41) is 0. The molecule has 0 saturated carbocycles. The maximum absolute atomic E-state index is 11.9. The van der Waals surface area contributed by atoms with Crippen LogP contribution >= 0.6 is 0 Å². The predicted octanol–water partition coefficient (Wildman–Crippen LogP) is 1.84. The zero-order valence-corrected chi connectivity index (χ0v) is 6.42. The third-order valence-corrected chi connectivity index (χ3v) is 1.48. The maximum Gasteiger partial charge on any atom is 0.300 e. The Balaban J connectivity index is 3.03. The highest BCUT2D eigenvalue weighted by Crippen LogP contribution is 2.10. The van der Waals surface area contributed by atoms with E-state index in [2.05, 4.69) is 4.98 Å². The first-order valence-corrected chi connectivity index (χ1v) is 3.36. The Kier molecular flexibility index (Phi) is 2.47. The molecule has 1 rings (SSSR count). The quantitative estimate of drug-likeness (QED) is 0.635. The number of ketones is 1. The van der Waals surface area contributed by atoms with Gasteiger partial charge >= 0.3 is 6.43 Å². The van der Waals surface area contributed by atoms with Crippen LogP contribution in [0.5, 0.6) is 0 Å². The normalized spacial score (nSPS) is 10.3. The number of pyridine rings is 1. The molecule has 1 aromatic heterocycles. The molecule has 0 spiro atoms. The number of carbonyl (C=O) groups excluding carboxylic acids is 1. The van der Waals surface area contributed by atoms with Crippen LogP contribution in [0.25, 0.3) is 0 Å². The zero-order chi connectivity index (χ0) is 9.14. The molecule has 0 fully saturated rings. The van der Waals surface area contributed by atoms with E-state index in [-0.39, 0.29) is 5.56 Å². The summed E-state index contributed by atoms with van der Waals surface area (Å²) in [6, 6.07) is 1.30. The number of aromatic nitrogens is 1. The van der Waals surface area contributed by atoms with Crippen LogP contribution in [0, 0.1) is 6.92 Å². The maximum atomic E-state index is 11.9. The van der Waals surface area contributed by atoms with E-state index in [1.54, 1.807) is 6.92 Å². The smallest absolute Gasteiger partial charge is 0.288 e. The van der Waals surface area contributed by atoms with Gasteiger partial charge in [0, 0.05) is 18.0 Å². The number of rotatable bonds is 2. The Morgan fingerprint density at radius 3 is 2.75 bits per heavy atom. The molecular formula is C8H7F2NO. The molecule has 2 nitrogen and oxygen atoms in total. The van der Waals surface area contributed by atoms with Crippen LogP contribution in [-0.4, -0.2) is 17.2 Å². The van der Waals surface area contributed by atoms with Crippen LogP contribution < -0.4 is 0 Å². The van der Waals surface area contributed by atoms with Gasteiger partial charge in [-0.3, -0.25) is 9.78 Å². The van der Waals surface area contributed by atoms with Gasteiger partial charge < -0.3 is 0 Å². The van der Waals surface area contributed by atoms with E-state index in [9.17, 15) is 13.6 Å². The molecular weight excluding hydrogens is 164 g/mol. The van der Waals surface area contributed by atoms with Gasteiger partial charge in [0.15, 0.2) is 0 Å². The Bertz CT molecular complexity index is 299. The van der Waals surface area contributed by atoms with Crippen molar-refractivity contribution in [1.82, 2.24) is 4.98 Å². The highest BCUT2D eigenvalue weighted by atomic mass is 19.3. The van der Waals surface area contributed by atoms with E-state index in [1.807, 2.05) is 0 Å². The number of carbonyl (C=O) groups is 1. The first-order chi connectivity index (χ1) is 5.63. The molecule has 0 N–H and O–H groups in total. The van der Waals surface area contributed by atoms with Gasteiger partial charge in [-0.2, -0.15) is 0 Å². The summed E-state index contributed by atoms with van der Waals surface area (Å²) in [7, 11) is 0. The van der Waals surface area contributed by atoms with Crippen molar-refractivity contribution in [2.45, 2.75) is 13.3 Å². The van der Waals surface area contributed by atoms with Gasteiger partial charge in [0.2, 0.25) is 5.78 Å². The average molecular weight is 171 g/mol. The SMILES string of the molecule is Cc1cnccc1C(=O)C(F)F. The van der Waals surface area contributed by atoms with E-state index in [0.717, 1.165) is 0 Å². The summed E-state index contributed by atoms with van der Waals surface area (Å²) in [4.78, 5) is 14.5. The highest BCUT2D eigenvalue weighted by Gasteiger charge is 2.18. The molecule has 4 heteroatoms. The Morgan fingerprint density at radius 1 is 1.58 bits per heavy atom. The molecule has 0 amide bonds. The molecule has 64 valence electrons. The fourth-order valence-corrected chi connectivity index (χ4v) is 0.867. The predicted molar refractivity (Wildman–Crippen MR) is 39.3 cm³/mol. The van der Waals surface area contributed by atoms with Gasteiger partial charge in [0.25, 0.3) is 0 Å². The zero-order valence-electron chi connectivity index (χ0n) is 6.42. The lowest BCUT2D eigenvalue weighted by molar-refractivity contribution is 0.0678. The van der Waals surface area contributed by atoms with Crippen LogP contribution in [0.3, 0.4) is 0 Å². The third kappa shape index (κ3) is 1.64. The molecule has 0 aliphatic heterocycles. The number of nitrogens with zero attached hydrogens (tertiary/aromatic N) is 1. The number of halogens is 2. The standard InChI is InChI=1S/C8H7F2NO/c1-5-4-11-3-2-6(5)7(12)8(9)10/h2-4,8H,1H3.